The van der Waals surface area contributed by atoms with E-state index in [-0.39, 0.29) is 12.2 Å². The van der Waals surface area contributed by atoms with Gasteiger partial charge in [0.05, 0.1) is 0 Å². The summed E-state index contributed by atoms with van der Waals surface area (Å²) in [6.45, 7) is 12.2. The zero-order valence-corrected chi connectivity index (χ0v) is 15.4. The van der Waals surface area contributed by atoms with Gasteiger partial charge in [0.2, 0.25) is 0 Å². The minimum absolute atomic E-state index is 0.278. The first kappa shape index (κ1) is 17.2. The lowest BCUT2D eigenvalue weighted by atomic mass is 9.90. The predicted molar refractivity (Wildman–Crippen MR) is 95.0 cm³/mol. The zero-order chi connectivity index (χ0) is 16.2. The van der Waals surface area contributed by atoms with Crippen LogP contribution in [0.5, 0.6) is 11.5 Å². The van der Waals surface area contributed by atoms with Crippen molar-refractivity contribution in [2.75, 3.05) is 6.61 Å². The highest BCUT2D eigenvalue weighted by molar-refractivity contribution is 6.74. The summed E-state index contributed by atoms with van der Waals surface area (Å²) in [5.74, 6) is 3.61. The van der Waals surface area contributed by atoms with Gasteiger partial charge >= 0.3 is 7.12 Å². The highest BCUT2D eigenvalue weighted by Crippen LogP contribution is 2.36. The van der Waals surface area contributed by atoms with Crippen molar-refractivity contribution < 1.29 is 13.7 Å². The van der Waals surface area contributed by atoms with Crippen LogP contribution >= 0.6 is 0 Å². The second-order valence-electron chi connectivity index (χ2n) is 7.23. The molecule has 0 atom stereocenters. The normalized spacial score (nSPS) is 14.9. The molecule has 1 aromatic rings. The summed E-state index contributed by atoms with van der Waals surface area (Å²) in [7, 11) is -1.90. The van der Waals surface area contributed by atoms with Crippen molar-refractivity contribution in [2.24, 2.45) is 0 Å². The van der Waals surface area contributed by atoms with Crippen molar-refractivity contribution in [3.05, 3.63) is 36.3 Å². The van der Waals surface area contributed by atoms with Crippen LogP contribution in [0, 0.1) is 0 Å². The van der Waals surface area contributed by atoms with Crippen LogP contribution < -0.4 is 9.31 Å². The Hall–Kier alpha value is -1.20. The number of unbranched alkanes of at least 4 members (excludes halogenated alkanes) is 1. The molecule has 2 rings (SSSR count). The summed E-state index contributed by atoms with van der Waals surface area (Å²) < 4.78 is 17.5. The van der Waals surface area contributed by atoms with Gasteiger partial charge in [-0.1, -0.05) is 39.0 Å². The second-order valence-corrected chi connectivity index (χ2v) is 12.0. The Labute approximate surface area is 135 Å². The zero-order valence-electron chi connectivity index (χ0n) is 14.4. The molecule has 0 bridgehead atoms. The predicted octanol–water partition coefficient (Wildman–Crippen LogP) is 4.84. The van der Waals surface area contributed by atoms with Crippen molar-refractivity contribution in [2.45, 2.75) is 51.7 Å². The standard InChI is InChI=1S/C17H27BO3Si/c1-17(2,3)22(4,5)19-14-10-6-9-13-18-20-15-11-7-8-12-16(15)21-18/h7-9,11-13H,6,10,14H2,1-5H3/b13-9+. The SMILES string of the molecule is CC(C)(C)[Si](C)(C)OCCC/C=C/B1Oc2ccccc2O1. The monoisotopic (exact) mass is 318 g/mol. The van der Waals surface area contributed by atoms with Crippen LogP contribution in [-0.2, 0) is 4.43 Å². The molecule has 0 saturated heterocycles. The molecule has 1 aromatic carbocycles. The van der Waals surface area contributed by atoms with Crippen LogP contribution in [0.25, 0.3) is 0 Å². The average molecular weight is 318 g/mol. The third-order valence-electron chi connectivity index (χ3n) is 4.41. The number of para-hydroxylation sites is 2. The molecule has 3 nitrogen and oxygen atoms in total. The van der Waals surface area contributed by atoms with Crippen LogP contribution in [0.1, 0.15) is 33.6 Å². The molecule has 0 aromatic heterocycles. The number of rotatable bonds is 6. The highest BCUT2D eigenvalue weighted by Gasteiger charge is 2.36. The van der Waals surface area contributed by atoms with Crippen LogP contribution in [0.3, 0.4) is 0 Å². The average Bonchev–Trinajstić information content (AvgIpc) is 2.84. The Kier molecular flexibility index (Phi) is 5.40. The smallest absolute Gasteiger partial charge is 0.520 e. The molecule has 0 N–H and O–H groups in total. The number of hydrogen-bond donors (Lipinski definition) is 0. The maximum absolute atomic E-state index is 6.16. The Bertz CT molecular complexity index is 498. The molecule has 22 heavy (non-hydrogen) atoms. The van der Waals surface area contributed by atoms with E-state index in [1.165, 1.54) is 0 Å². The summed E-state index contributed by atoms with van der Waals surface area (Å²) in [4.78, 5) is 0. The van der Waals surface area contributed by atoms with Gasteiger partial charge in [-0.05, 0) is 49.1 Å². The summed E-state index contributed by atoms with van der Waals surface area (Å²) in [5.41, 5.74) is 0. The van der Waals surface area contributed by atoms with E-state index < -0.39 is 8.32 Å². The van der Waals surface area contributed by atoms with Crippen molar-refractivity contribution in [3.8, 4) is 11.5 Å². The first-order chi connectivity index (χ1) is 10.3. The molecule has 0 fully saturated rings. The molecular weight excluding hydrogens is 291 g/mol. The van der Waals surface area contributed by atoms with Crippen LogP contribution in [-0.4, -0.2) is 22.0 Å². The molecule has 120 valence electrons. The van der Waals surface area contributed by atoms with Gasteiger partial charge in [-0.3, -0.25) is 0 Å². The van der Waals surface area contributed by atoms with Crippen molar-refractivity contribution in [3.63, 3.8) is 0 Å². The number of hydrogen-bond acceptors (Lipinski definition) is 3. The summed E-state index contributed by atoms with van der Waals surface area (Å²) in [6, 6.07) is 7.76. The molecule has 1 aliphatic heterocycles. The molecule has 1 aliphatic rings. The van der Waals surface area contributed by atoms with E-state index in [0.29, 0.717) is 0 Å². The maximum atomic E-state index is 6.16. The van der Waals surface area contributed by atoms with Crippen molar-refractivity contribution in [1.82, 2.24) is 0 Å². The number of benzene rings is 1. The Morgan fingerprint density at radius 3 is 2.27 bits per heavy atom. The van der Waals surface area contributed by atoms with Gasteiger partial charge in [-0.25, -0.2) is 0 Å². The minimum atomic E-state index is -1.61. The fourth-order valence-electron chi connectivity index (χ4n) is 1.95. The van der Waals surface area contributed by atoms with Crippen LogP contribution in [0.15, 0.2) is 36.3 Å². The third-order valence-corrected chi connectivity index (χ3v) is 8.95. The Morgan fingerprint density at radius 2 is 1.73 bits per heavy atom. The molecule has 0 radical (unpaired) electrons. The third kappa shape index (κ3) is 4.40. The Morgan fingerprint density at radius 1 is 1.14 bits per heavy atom. The first-order valence-corrected chi connectivity index (χ1v) is 10.9. The fourth-order valence-corrected chi connectivity index (χ4v) is 3.04. The molecule has 0 saturated carbocycles. The molecule has 1 heterocycles. The van der Waals surface area contributed by atoms with E-state index in [1.807, 2.05) is 30.2 Å². The quantitative estimate of drug-likeness (QED) is 0.555. The first-order valence-electron chi connectivity index (χ1n) is 8.02. The second kappa shape index (κ2) is 6.92. The lowest BCUT2D eigenvalue weighted by Gasteiger charge is -2.36. The lowest BCUT2D eigenvalue weighted by molar-refractivity contribution is 0.283. The molecule has 0 amide bonds. The van der Waals surface area contributed by atoms with Crippen molar-refractivity contribution >= 4 is 15.4 Å². The fraction of sp³-hybridized carbons (Fsp3) is 0.529. The van der Waals surface area contributed by atoms with E-state index in [0.717, 1.165) is 30.9 Å². The number of fused-ring (bicyclic) bond motifs is 1. The van der Waals surface area contributed by atoms with Crippen LogP contribution in [0.2, 0.25) is 18.1 Å². The van der Waals surface area contributed by atoms with Gasteiger partial charge in [0.15, 0.2) is 8.32 Å². The van der Waals surface area contributed by atoms with Gasteiger partial charge in [0.1, 0.15) is 11.5 Å². The van der Waals surface area contributed by atoms with Crippen molar-refractivity contribution in [1.29, 1.82) is 0 Å². The van der Waals surface area contributed by atoms with E-state index in [9.17, 15) is 0 Å². The Balaban J connectivity index is 1.66. The number of allylic oxidation sites excluding steroid dienone is 1. The van der Waals surface area contributed by atoms with E-state index in [2.05, 4.69) is 39.9 Å². The summed E-state index contributed by atoms with van der Waals surface area (Å²) in [6.07, 6.45) is 4.13. The van der Waals surface area contributed by atoms with E-state index in [1.54, 1.807) is 0 Å². The minimum Gasteiger partial charge on any atom is -0.520 e. The molecule has 0 unspecified atom stereocenters. The van der Waals surface area contributed by atoms with Gasteiger partial charge in [0.25, 0.3) is 0 Å². The van der Waals surface area contributed by atoms with Gasteiger partial charge in [-0.2, -0.15) is 0 Å². The van der Waals surface area contributed by atoms with Crippen LogP contribution in [0.4, 0.5) is 0 Å². The maximum Gasteiger partial charge on any atom is 0.624 e. The summed E-state index contributed by atoms with van der Waals surface area (Å²) >= 11 is 0. The topological polar surface area (TPSA) is 27.7 Å². The van der Waals surface area contributed by atoms with Gasteiger partial charge < -0.3 is 13.7 Å². The van der Waals surface area contributed by atoms with Gasteiger partial charge in [0, 0.05) is 6.61 Å². The molecule has 0 aliphatic carbocycles. The highest BCUT2D eigenvalue weighted by atomic mass is 28.4. The summed E-state index contributed by atoms with van der Waals surface area (Å²) in [5, 5.41) is 0.278. The molecule has 5 heteroatoms. The molecule has 0 spiro atoms. The van der Waals surface area contributed by atoms with Gasteiger partial charge in [-0.15, -0.1) is 0 Å². The molecular formula is C17H27BO3Si. The lowest BCUT2D eigenvalue weighted by Crippen LogP contribution is -2.40. The largest absolute Gasteiger partial charge is 0.624 e. The van der Waals surface area contributed by atoms with E-state index >= 15 is 0 Å². The van der Waals surface area contributed by atoms with E-state index in [4.69, 9.17) is 13.7 Å².